The summed E-state index contributed by atoms with van der Waals surface area (Å²) in [4.78, 5) is 19.4. The fourth-order valence-electron chi connectivity index (χ4n) is 2.53. The maximum Gasteiger partial charge on any atom is 0.220 e. The Kier molecular flexibility index (Phi) is 4.24. The zero-order chi connectivity index (χ0) is 16.2. The van der Waals surface area contributed by atoms with Crippen LogP contribution in [0, 0.1) is 5.92 Å². The molecule has 1 amide bonds. The molecule has 4 heteroatoms. The lowest BCUT2D eigenvalue weighted by Gasteiger charge is -2.03. The third kappa shape index (κ3) is 3.31. The number of nitrogens with zero attached hydrogens (tertiary/aromatic N) is 1. The van der Waals surface area contributed by atoms with Gasteiger partial charge in [-0.25, -0.2) is 4.98 Å². The van der Waals surface area contributed by atoms with Gasteiger partial charge in [-0.2, -0.15) is 0 Å². The number of imidazole rings is 1. The monoisotopic (exact) mass is 305 g/mol. The van der Waals surface area contributed by atoms with Gasteiger partial charge in [0.2, 0.25) is 5.91 Å². The summed E-state index contributed by atoms with van der Waals surface area (Å²) >= 11 is 0. The lowest BCUT2D eigenvalue weighted by Crippen LogP contribution is -2.22. The van der Waals surface area contributed by atoms with Crippen LogP contribution in [-0.4, -0.2) is 15.9 Å². The van der Waals surface area contributed by atoms with Crippen LogP contribution in [0.3, 0.4) is 0 Å². The summed E-state index contributed by atoms with van der Waals surface area (Å²) in [5.41, 5.74) is 9.33. The van der Waals surface area contributed by atoms with Gasteiger partial charge in [0.25, 0.3) is 0 Å². The van der Waals surface area contributed by atoms with E-state index in [4.69, 9.17) is 10.7 Å². The lowest BCUT2D eigenvalue weighted by molar-refractivity contribution is -0.121. The summed E-state index contributed by atoms with van der Waals surface area (Å²) in [6, 6.07) is 20.1. The Labute approximate surface area is 135 Å². The number of primary amides is 1. The highest BCUT2D eigenvalue weighted by atomic mass is 16.1. The van der Waals surface area contributed by atoms with Gasteiger partial charge in [-0.05, 0) is 0 Å². The van der Waals surface area contributed by atoms with E-state index in [0.717, 1.165) is 28.3 Å². The van der Waals surface area contributed by atoms with Crippen molar-refractivity contribution in [3.63, 3.8) is 0 Å². The summed E-state index contributed by atoms with van der Waals surface area (Å²) in [6.45, 7) is 1.81. The highest BCUT2D eigenvalue weighted by Gasteiger charge is 2.17. The Hall–Kier alpha value is -2.88. The number of amides is 1. The first-order chi connectivity index (χ1) is 11.1. The van der Waals surface area contributed by atoms with E-state index in [9.17, 15) is 4.79 Å². The minimum Gasteiger partial charge on any atom is -0.369 e. The number of nitrogens with two attached hydrogens (primary N) is 1. The van der Waals surface area contributed by atoms with E-state index in [1.54, 1.807) is 0 Å². The number of aromatic nitrogens is 2. The van der Waals surface area contributed by atoms with Gasteiger partial charge in [0.05, 0.1) is 11.4 Å². The van der Waals surface area contributed by atoms with Crippen molar-refractivity contribution in [2.24, 2.45) is 11.7 Å². The fourth-order valence-corrected chi connectivity index (χ4v) is 2.53. The molecular weight excluding hydrogens is 286 g/mol. The predicted octanol–water partition coefficient (Wildman–Crippen LogP) is 3.41. The van der Waals surface area contributed by atoms with E-state index >= 15 is 0 Å². The zero-order valence-corrected chi connectivity index (χ0v) is 13.0. The largest absolute Gasteiger partial charge is 0.369 e. The average molecular weight is 305 g/mol. The second kappa shape index (κ2) is 6.48. The normalized spacial score (nSPS) is 12.0. The van der Waals surface area contributed by atoms with Gasteiger partial charge in [-0.15, -0.1) is 0 Å². The molecule has 1 heterocycles. The highest BCUT2D eigenvalue weighted by Crippen LogP contribution is 2.30. The maximum atomic E-state index is 11.3. The fraction of sp³-hybridized carbons (Fsp3) is 0.158. The van der Waals surface area contributed by atoms with Crippen LogP contribution in [0.2, 0.25) is 0 Å². The predicted molar refractivity (Wildman–Crippen MR) is 91.5 cm³/mol. The molecule has 0 saturated heterocycles. The molecule has 23 heavy (non-hydrogen) atoms. The van der Waals surface area contributed by atoms with E-state index in [1.165, 1.54) is 0 Å². The van der Waals surface area contributed by atoms with E-state index in [2.05, 4.69) is 4.98 Å². The number of aromatic amines is 1. The van der Waals surface area contributed by atoms with Crippen molar-refractivity contribution in [2.45, 2.75) is 13.3 Å². The number of hydrogen-bond acceptors (Lipinski definition) is 2. The van der Waals surface area contributed by atoms with Gasteiger partial charge in [0.15, 0.2) is 0 Å². The Morgan fingerprint density at radius 2 is 1.61 bits per heavy atom. The number of H-pyrrole nitrogens is 1. The molecule has 0 radical (unpaired) electrons. The summed E-state index contributed by atoms with van der Waals surface area (Å²) in [6.07, 6.45) is 0.502. The number of carbonyl (C=O) groups is 1. The minimum absolute atomic E-state index is 0.256. The first kappa shape index (κ1) is 15.0. The first-order valence-electron chi connectivity index (χ1n) is 7.64. The number of benzene rings is 2. The lowest BCUT2D eigenvalue weighted by atomic mass is 10.1. The molecule has 0 bridgehead atoms. The van der Waals surface area contributed by atoms with Crippen molar-refractivity contribution in [2.75, 3.05) is 0 Å². The van der Waals surface area contributed by atoms with Gasteiger partial charge in [0.1, 0.15) is 5.82 Å². The van der Waals surface area contributed by atoms with Crippen LogP contribution in [0.25, 0.3) is 22.5 Å². The van der Waals surface area contributed by atoms with Crippen LogP contribution in [0.1, 0.15) is 12.7 Å². The molecule has 1 unspecified atom stereocenters. The van der Waals surface area contributed by atoms with Gasteiger partial charge >= 0.3 is 0 Å². The Morgan fingerprint density at radius 3 is 2.17 bits per heavy atom. The van der Waals surface area contributed by atoms with Crippen molar-refractivity contribution in [1.82, 2.24) is 9.97 Å². The molecule has 3 N–H and O–H groups in total. The third-order valence-corrected chi connectivity index (χ3v) is 3.85. The zero-order valence-electron chi connectivity index (χ0n) is 13.0. The second-order valence-corrected chi connectivity index (χ2v) is 5.65. The molecule has 0 aliphatic rings. The molecule has 1 aromatic heterocycles. The summed E-state index contributed by atoms with van der Waals surface area (Å²) in [7, 11) is 0. The molecule has 0 saturated carbocycles. The maximum absolute atomic E-state index is 11.3. The number of nitrogens with one attached hydrogen (secondary N) is 1. The van der Waals surface area contributed by atoms with E-state index in [-0.39, 0.29) is 11.8 Å². The molecule has 4 nitrogen and oxygen atoms in total. The Morgan fingerprint density at radius 1 is 1.04 bits per heavy atom. The molecule has 116 valence electrons. The molecule has 1 atom stereocenters. The number of carbonyl (C=O) groups excluding carboxylic acids is 1. The van der Waals surface area contributed by atoms with Crippen LogP contribution in [0.15, 0.2) is 60.7 Å². The highest BCUT2D eigenvalue weighted by molar-refractivity contribution is 5.79. The van der Waals surface area contributed by atoms with Gasteiger partial charge in [-0.3, -0.25) is 4.79 Å². The second-order valence-electron chi connectivity index (χ2n) is 5.65. The SMILES string of the molecule is CC(Cc1nc(-c2ccccc2)c(-c2ccccc2)[nH]1)C(N)=O. The van der Waals surface area contributed by atoms with Crippen LogP contribution in [0.5, 0.6) is 0 Å². The van der Waals surface area contributed by atoms with Gasteiger partial charge < -0.3 is 10.7 Å². The van der Waals surface area contributed by atoms with Crippen LogP contribution in [-0.2, 0) is 11.2 Å². The number of rotatable bonds is 5. The molecule has 3 aromatic rings. The van der Waals surface area contributed by atoms with E-state index < -0.39 is 0 Å². The van der Waals surface area contributed by atoms with Crippen molar-refractivity contribution in [3.05, 3.63) is 66.5 Å². The molecule has 0 aliphatic carbocycles. The Bertz CT molecular complexity index is 737. The standard InChI is InChI=1S/C19H19N3O/c1-13(19(20)23)12-16-21-17(14-8-4-2-5-9-14)18(22-16)15-10-6-3-7-11-15/h2-11,13H,12H2,1H3,(H2,20,23)(H,21,22). The molecule has 3 rings (SSSR count). The molecule has 2 aromatic carbocycles. The summed E-state index contributed by atoms with van der Waals surface area (Å²) < 4.78 is 0. The first-order valence-corrected chi connectivity index (χ1v) is 7.64. The van der Waals surface area contributed by atoms with Crippen molar-refractivity contribution in [3.8, 4) is 22.5 Å². The summed E-state index contributed by atoms with van der Waals surface area (Å²) in [5, 5.41) is 0. The average Bonchev–Trinajstić information content (AvgIpc) is 3.00. The quantitative estimate of drug-likeness (QED) is 0.758. The minimum atomic E-state index is -0.316. The van der Waals surface area contributed by atoms with Crippen LogP contribution >= 0.6 is 0 Å². The molecular formula is C19H19N3O. The van der Waals surface area contributed by atoms with E-state index in [1.807, 2.05) is 67.6 Å². The van der Waals surface area contributed by atoms with Crippen molar-refractivity contribution < 1.29 is 4.79 Å². The van der Waals surface area contributed by atoms with Gasteiger partial charge in [-0.1, -0.05) is 67.6 Å². The molecule has 0 spiro atoms. The summed E-state index contributed by atoms with van der Waals surface area (Å²) in [5.74, 6) is 0.200. The molecule has 0 aliphatic heterocycles. The third-order valence-electron chi connectivity index (χ3n) is 3.85. The van der Waals surface area contributed by atoms with Crippen molar-refractivity contribution in [1.29, 1.82) is 0 Å². The topological polar surface area (TPSA) is 71.8 Å². The smallest absolute Gasteiger partial charge is 0.220 e. The van der Waals surface area contributed by atoms with Crippen LogP contribution < -0.4 is 5.73 Å². The van der Waals surface area contributed by atoms with Crippen molar-refractivity contribution >= 4 is 5.91 Å². The molecule has 0 fully saturated rings. The van der Waals surface area contributed by atoms with Crippen LogP contribution in [0.4, 0.5) is 0 Å². The van der Waals surface area contributed by atoms with E-state index in [0.29, 0.717) is 6.42 Å². The Balaban J connectivity index is 2.06. The number of hydrogen-bond donors (Lipinski definition) is 2. The van der Waals surface area contributed by atoms with Gasteiger partial charge in [0, 0.05) is 23.5 Å².